The van der Waals surface area contributed by atoms with Gasteiger partial charge in [0, 0.05) is 11.3 Å². The normalized spacial score (nSPS) is 15.6. The van der Waals surface area contributed by atoms with Crippen LogP contribution in [0.5, 0.6) is 0 Å². The Bertz CT molecular complexity index is 661. The fourth-order valence-electron chi connectivity index (χ4n) is 2.00. The SMILES string of the molecule is O=C1/C(=C/c2cccc(F)c2)Nc2ccccc21. The number of fused-ring (bicyclic) bond motifs is 1. The molecular formula is C15H10FNO. The number of halogens is 1. The highest BCUT2D eigenvalue weighted by atomic mass is 19.1. The second-order valence-electron chi connectivity index (χ2n) is 4.11. The van der Waals surface area contributed by atoms with Crippen LogP contribution in [0.15, 0.2) is 54.2 Å². The van der Waals surface area contributed by atoms with Gasteiger partial charge in [-0.3, -0.25) is 4.79 Å². The van der Waals surface area contributed by atoms with Gasteiger partial charge in [0.05, 0.1) is 5.70 Å². The summed E-state index contributed by atoms with van der Waals surface area (Å²) in [5.41, 5.74) is 2.59. The van der Waals surface area contributed by atoms with Crippen LogP contribution >= 0.6 is 0 Å². The zero-order valence-electron chi connectivity index (χ0n) is 9.48. The van der Waals surface area contributed by atoms with Crippen molar-refractivity contribution < 1.29 is 9.18 Å². The molecular weight excluding hydrogens is 229 g/mol. The van der Waals surface area contributed by atoms with E-state index in [9.17, 15) is 9.18 Å². The summed E-state index contributed by atoms with van der Waals surface area (Å²) < 4.78 is 13.1. The number of hydrogen-bond acceptors (Lipinski definition) is 2. The number of anilines is 1. The van der Waals surface area contributed by atoms with E-state index in [0.29, 0.717) is 16.8 Å². The molecule has 0 spiro atoms. The number of carbonyl (C=O) groups is 1. The summed E-state index contributed by atoms with van der Waals surface area (Å²) in [6.07, 6.45) is 1.66. The number of hydrogen-bond donors (Lipinski definition) is 1. The maximum Gasteiger partial charge on any atom is 0.211 e. The molecule has 3 rings (SSSR count). The number of rotatable bonds is 1. The van der Waals surface area contributed by atoms with Crippen molar-refractivity contribution >= 4 is 17.5 Å². The molecule has 0 aliphatic carbocycles. The second kappa shape index (κ2) is 4.11. The molecule has 0 radical (unpaired) electrons. The van der Waals surface area contributed by atoms with Crippen molar-refractivity contribution in [1.29, 1.82) is 0 Å². The number of Topliss-reactive ketones (excluding diaryl/α,β-unsaturated/α-hetero) is 1. The van der Waals surface area contributed by atoms with Gasteiger partial charge in [-0.05, 0) is 35.9 Å². The van der Waals surface area contributed by atoms with E-state index in [0.717, 1.165) is 5.69 Å². The molecule has 18 heavy (non-hydrogen) atoms. The molecule has 0 aromatic heterocycles. The molecule has 2 aromatic rings. The first kappa shape index (κ1) is 10.7. The minimum Gasteiger partial charge on any atom is -0.352 e. The summed E-state index contributed by atoms with van der Waals surface area (Å²) in [5, 5.41) is 3.04. The first-order valence-corrected chi connectivity index (χ1v) is 5.62. The van der Waals surface area contributed by atoms with Crippen LogP contribution in [0.25, 0.3) is 6.08 Å². The summed E-state index contributed by atoms with van der Waals surface area (Å²) in [6.45, 7) is 0. The summed E-state index contributed by atoms with van der Waals surface area (Å²) in [5.74, 6) is -0.373. The molecule has 2 aromatic carbocycles. The third-order valence-electron chi connectivity index (χ3n) is 2.85. The Labute approximate surface area is 104 Å². The maximum absolute atomic E-state index is 13.1. The van der Waals surface area contributed by atoms with Gasteiger partial charge in [-0.2, -0.15) is 0 Å². The number of allylic oxidation sites excluding steroid dienone is 1. The average Bonchev–Trinajstić information content (AvgIpc) is 2.67. The third-order valence-corrected chi connectivity index (χ3v) is 2.85. The van der Waals surface area contributed by atoms with Gasteiger partial charge >= 0.3 is 0 Å². The predicted octanol–water partition coefficient (Wildman–Crippen LogP) is 3.48. The lowest BCUT2D eigenvalue weighted by atomic mass is 10.1. The van der Waals surface area contributed by atoms with Crippen molar-refractivity contribution in [1.82, 2.24) is 0 Å². The quantitative estimate of drug-likeness (QED) is 0.772. The molecule has 0 fully saturated rings. The molecule has 1 N–H and O–H groups in total. The molecule has 1 aliphatic rings. The minimum absolute atomic E-state index is 0.0603. The van der Waals surface area contributed by atoms with E-state index in [1.165, 1.54) is 12.1 Å². The number of nitrogens with one attached hydrogen (secondary N) is 1. The van der Waals surface area contributed by atoms with Crippen LogP contribution in [0, 0.1) is 5.82 Å². The van der Waals surface area contributed by atoms with Gasteiger partial charge in [0.25, 0.3) is 0 Å². The molecule has 0 amide bonds. The van der Waals surface area contributed by atoms with E-state index in [-0.39, 0.29) is 11.6 Å². The van der Waals surface area contributed by atoms with Crippen LogP contribution in [0.2, 0.25) is 0 Å². The summed E-state index contributed by atoms with van der Waals surface area (Å²) in [7, 11) is 0. The Kier molecular flexibility index (Phi) is 2.45. The molecule has 3 heteroatoms. The highest BCUT2D eigenvalue weighted by molar-refractivity contribution is 6.20. The van der Waals surface area contributed by atoms with Gasteiger partial charge in [-0.1, -0.05) is 24.3 Å². The lowest BCUT2D eigenvalue weighted by Gasteiger charge is -1.99. The van der Waals surface area contributed by atoms with Crippen LogP contribution in [0.3, 0.4) is 0 Å². The molecule has 0 saturated carbocycles. The van der Waals surface area contributed by atoms with Crippen molar-refractivity contribution in [2.75, 3.05) is 5.32 Å². The smallest absolute Gasteiger partial charge is 0.211 e. The first-order chi connectivity index (χ1) is 8.74. The van der Waals surface area contributed by atoms with Crippen LogP contribution < -0.4 is 5.32 Å². The van der Waals surface area contributed by atoms with E-state index in [1.807, 2.05) is 18.2 Å². The highest BCUT2D eigenvalue weighted by Gasteiger charge is 2.23. The van der Waals surface area contributed by atoms with E-state index in [2.05, 4.69) is 5.32 Å². The Balaban J connectivity index is 1.99. The standard InChI is InChI=1S/C15H10FNO/c16-11-5-3-4-10(8-11)9-14-15(18)12-6-1-2-7-13(12)17-14/h1-9,17H/b14-9-. The Morgan fingerprint density at radius 3 is 2.67 bits per heavy atom. The Morgan fingerprint density at radius 1 is 1.06 bits per heavy atom. The maximum atomic E-state index is 13.1. The van der Waals surface area contributed by atoms with Crippen LogP contribution in [0.4, 0.5) is 10.1 Å². The lowest BCUT2D eigenvalue weighted by molar-refractivity contribution is 0.104. The molecule has 0 unspecified atom stereocenters. The summed E-state index contributed by atoms with van der Waals surface area (Å²) in [4.78, 5) is 12.1. The van der Waals surface area contributed by atoms with Crippen LogP contribution in [-0.2, 0) is 0 Å². The number of benzene rings is 2. The van der Waals surface area contributed by atoms with E-state index < -0.39 is 0 Å². The van der Waals surface area contributed by atoms with Crippen molar-refractivity contribution in [3.63, 3.8) is 0 Å². The van der Waals surface area contributed by atoms with Crippen molar-refractivity contribution in [2.45, 2.75) is 0 Å². The highest BCUT2D eigenvalue weighted by Crippen LogP contribution is 2.28. The summed E-state index contributed by atoms with van der Waals surface area (Å²) in [6, 6.07) is 13.5. The first-order valence-electron chi connectivity index (χ1n) is 5.62. The zero-order chi connectivity index (χ0) is 12.5. The van der Waals surface area contributed by atoms with Crippen molar-refractivity contribution in [2.24, 2.45) is 0 Å². The fourth-order valence-corrected chi connectivity index (χ4v) is 2.00. The Hall–Kier alpha value is -2.42. The van der Waals surface area contributed by atoms with Crippen molar-refractivity contribution in [3.8, 4) is 0 Å². The lowest BCUT2D eigenvalue weighted by Crippen LogP contribution is -1.99. The second-order valence-corrected chi connectivity index (χ2v) is 4.11. The van der Waals surface area contributed by atoms with E-state index in [4.69, 9.17) is 0 Å². The largest absolute Gasteiger partial charge is 0.352 e. The molecule has 0 bridgehead atoms. The van der Waals surface area contributed by atoms with Crippen LogP contribution in [-0.4, -0.2) is 5.78 Å². The summed E-state index contributed by atoms with van der Waals surface area (Å²) >= 11 is 0. The molecule has 1 aliphatic heterocycles. The van der Waals surface area contributed by atoms with Crippen LogP contribution in [0.1, 0.15) is 15.9 Å². The van der Waals surface area contributed by atoms with Gasteiger partial charge < -0.3 is 5.32 Å². The minimum atomic E-state index is -0.313. The molecule has 1 heterocycles. The number of para-hydroxylation sites is 1. The number of ketones is 1. The molecule has 0 atom stereocenters. The van der Waals surface area contributed by atoms with Gasteiger partial charge in [0.15, 0.2) is 0 Å². The van der Waals surface area contributed by atoms with Crippen molar-refractivity contribution in [3.05, 3.63) is 71.2 Å². The fraction of sp³-hybridized carbons (Fsp3) is 0. The zero-order valence-corrected chi connectivity index (χ0v) is 9.48. The number of carbonyl (C=O) groups excluding carboxylic acids is 1. The monoisotopic (exact) mass is 239 g/mol. The average molecular weight is 239 g/mol. The molecule has 88 valence electrons. The predicted molar refractivity (Wildman–Crippen MR) is 68.8 cm³/mol. The molecule has 2 nitrogen and oxygen atoms in total. The van der Waals surface area contributed by atoms with Gasteiger partial charge in [0.1, 0.15) is 5.82 Å². The molecule has 0 saturated heterocycles. The topological polar surface area (TPSA) is 29.1 Å². The van der Waals surface area contributed by atoms with Gasteiger partial charge in [0.2, 0.25) is 5.78 Å². The van der Waals surface area contributed by atoms with Gasteiger partial charge in [-0.25, -0.2) is 4.39 Å². The van der Waals surface area contributed by atoms with E-state index >= 15 is 0 Å². The van der Waals surface area contributed by atoms with Gasteiger partial charge in [-0.15, -0.1) is 0 Å². The van der Waals surface area contributed by atoms with E-state index in [1.54, 1.807) is 24.3 Å². The third kappa shape index (κ3) is 1.80. The Morgan fingerprint density at radius 2 is 1.89 bits per heavy atom.